The molecule has 2 aliphatic rings. The molecule has 0 fully saturated rings. The van der Waals surface area contributed by atoms with Gasteiger partial charge in [-0.05, 0) is 34.1 Å². The molecule has 9 heteroatoms. The highest BCUT2D eigenvalue weighted by Crippen LogP contribution is 2.43. The Morgan fingerprint density at radius 3 is 2.63 bits per heavy atom. The lowest BCUT2D eigenvalue weighted by molar-refractivity contribution is -0.0477. The summed E-state index contributed by atoms with van der Waals surface area (Å²) in [6.45, 7) is 5.52. The lowest BCUT2D eigenvalue weighted by Crippen LogP contribution is -2.45. The number of carbonyl (C=O) groups excluding carboxylic acids is 1. The van der Waals surface area contributed by atoms with Crippen LogP contribution in [-0.2, 0) is 30.2 Å². The minimum atomic E-state index is -3.26. The zero-order valence-corrected chi connectivity index (χ0v) is 16.1. The van der Waals surface area contributed by atoms with Gasteiger partial charge in [0.25, 0.3) is 5.92 Å². The summed E-state index contributed by atoms with van der Waals surface area (Å²) >= 11 is 0. The van der Waals surface area contributed by atoms with Gasteiger partial charge in [-0.2, -0.15) is 13.9 Å². The molecule has 0 aromatic carbocycles. The van der Waals surface area contributed by atoms with E-state index >= 15 is 0 Å². The van der Waals surface area contributed by atoms with Gasteiger partial charge in [0.2, 0.25) is 0 Å². The van der Waals surface area contributed by atoms with Crippen molar-refractivity contribution in [2.75, 3.05) is 6.67 Å². The number of nitrogens with zero attached hydrogens (tertiary/aromatic N) is 3. The molecule has 1 aromatic rings. The van der Waals surface area contributed by atoms with Gasteiger partial charge >= 0.3 is 6.09 Å². The molecule has 1 N–H and O–H groups in total. The first-order valence-electron chi connectivity index (χ1n) is 9.10. The summed E-state index contributed by atoms with van der Waals surface area (Å²) in [5, 5.41) is 14.5. The standard InChI is InChI=1S/C18H26F3N3O3/c1-11-7-13-12(8-23(11)15(25)27-16(2,3)4)14-18(20,21)6-5-17(26,9-19)10-24(14)22-13/h11,26H,5-10H2,1-4H3/t11-,17+/m1/s1. The lowest BCUT2D eigenvalue weighted by Gasteiger charge is -2.35. The van der Waals surface area contributed by atoms with Crippen molar-refractivity contribution in [2.45, 2.75) is 83.2 Å². The van der Waals surface area contributed by atoms with Gasteiger partial charge in [0.15, 0.2) is 0 Å². The molecule has 6 nitrogen and oxygen atoms in total. The van der Waals surface area contributed by atoms with Crippen molar-refractivity contribution in [3.63, 3.8) is 0 Å². The molecule has 3 heterocycles. The maximum Gasteiger partial charge on any atom is 0.410 e. The Balaban J connectivity index is 1.98. The van der Waals surface area contributed by atoms with E-state index in [0.717, 1.165) is 4.68 Å². The van der Waals surface area contributed by atoms with E-state index < -0.39 is 36.3 Å². The number of aromatic nitrogens is 2. The monoisotopic (exact) mass is 389 g/mol. The molecule has 2 atom stereocenters. The predicted octanol–water partition coefficient (Wildman–Crippen LogP) is 3.15. The van der Waals surface area contributed by atoms with Crippen molar-refractivity contribution in [3.05, 3.63) is 17.0 Å². The highest BCUT2D eigenvalue weighted by Gasteiger charge is 2.48. The third kappa shape index (κ3) is 3.79. The highest BCUT2D eigenvalue weighted by molar-refractivity contribution is 5.69. The first kappa shape index (κ1) is 20.0. The van der Waals surface area contributed by atoms with Crippen molar-refractivity contribution in [3.8, 4) is 0 Å². The molecule has 0 saturated heterocycles. The van der Waals surface area contributed by atoms with Gasteiger partial charge in [-0.15, -0.1) is 0 Å². The predicted molar refractivity (Wildman–Crippen MR) is 91.2 cm³/mol. The second-order valence-corrected chi connectivity index (χ2v) is 8.66. The molecule has 27 heavy (non-hydrogen) atoms. The molecule has 2 aliphatic heterocycles. The van der Waals surface area contributed by atoms with E-state index in [0.29, 0.717) is 12.1 Å². The maximum atomic E-state index is 14.8. The summed E-state index contributed by atoms with van der Waals surface area (Å²) in [4.78, 5) is 13.9. The summed E-state index contributed by atoms with van der Waals surface area (Å²) in [5.41, 5.74) is -2.16. The quantitative estimate of drug-likeness (QED) is 0.801. The SMILES string of the molecule is C[C@@H]1Cc2nn3c(c2CN1C(=O)OC(C)(C)C)C(F)(F)CC[C@](O)(CF)C3. The molecule has 0 bridgehead atoms. The maximum absolute atomic E-state index is 14.8. The molecular formula is C18H26F3N3O3. The fourth-order valence-electron chi connectivity index (χ4n) is 3.66. The Morgan fingerprint density at radius 1 is 1.37 bits per heavy atom. The molecular weight excluding hydrogens is 363 g/mol. The number of aliphatic hydroxyl groups is 1. The minimum absolute atomic E-state index is 0.0512. The van der Waals surface area contributed by atoms with Crippen LogP contribution in [0.2, 0.25) is 0 Å². The average Bonchev–Trinajstić information content (AvgIpc) is 2.83. The van der Waals surface area contributed by atoms with Crippen LogP contribution in [0.4, 0.5) is 18.0 Å². The fourth-order valence-corrected chi connectivity index (χ4v) is 3.66. The third-order valence-electron chi connectivity index (χ3n) is 5.05. The Hall–Kier alpha value is -1.77. The molecule has 1 aromatic heterocycles. The van der Waals surface area contributed by atoms with Crippen molar-refractivity contribution >= 4 is 6.09 Å². The van der Waals surface area contributed by atoms with Gasteiger partial charge in [-0.1, -0.05) is 0 Å². The second kappa shape index (κ2) is 6.39. The number of halogens is 3. The van der Waals surface area contributed by atoms with E-state index in [-0.39, 0.29) is 36.8 Å². The first-order chi connectivity index (χ1) is 12.4. The van der Waals surface area contributed by atoms with Crippen LogP contribution in [0.25, 0.3) is 0 Å². The Morgan fingerprint density at radius 2 is 2.04 bits per heavy atom. The topological polar surface area (TPSA) is 67.6 Å². The molecule has 0 unspecified atom stereocenters. The highest BCUT2D eigenvalue weighted by atomic mass is 19.3. The molecule has 0 aliphatic carbocycles. The summed E-state index contributed by atoms with van der Waals surface area (Å²) in [5.74, 6) is -3.26. The van der Waals surface area contributed by atoms with Crippen LogP contribution in [-0.4, -0.2) is 49.8 Å². The number of alkyl halides is 3. The van der Waals surface area contributed by atoms with E-state index in [1.807, 2.05) is 0 Å². The van der Waals surface area contributed by atoms with Gasteiger partial charge in [0.1, 0.15) is 23.6 Å². The summed E-state index contributed by atoms with van der Waals surface area (Å²) in [6.07, 6.45) is -1.31. The van der Waals surface area contributed by atoms with Gasteiger partial charge < -0.3 is 14.7 Å². The van der Waals surface area contributed by atoms with Crippen molar-refractivity contribution in [1.82, 2.24) is 14.7 Å². The number of ether oxygens (including phenoxy) is 1. The molecule has 0 spiro atoms. The van der Waals surface area contributed by atoms with Gasteiger partial charge in [0, 0.05) is 24.4 Å². The van der Waals surface area contributed by atoms with Crippen LogP contribution < -0.4 is 0 Å². The number of amides is 1. The summed E-state index contributed by atoms with van der Waals surface area (Å²) in [7, 11) is 0. The number of hydrogen-bond donors (Lipinski definition) is 1. The number of carbonyl (C=O) groups is 1. The Kier molecular flexibility index (Phi) is 4.73. The number of fused-ring (bicyclic) bond motifs is 3. The molecule has 3 rings (SSSR count). The van der Waals surface area contributed by atoms with Crippen molar-refractivity contribution in [1.29, 1.82) is 0 Å². The molecule has 1 amide bonds. The number of rotatable bonds is 1. The van der Waals surface area contributed by atoms with Crippen LogP contribution in [0.3, 0.4) is 0 Å². The zero-order chi connectivity index (χ0) is 20.2. The van der Waals surface area contributed by atoms with Crippen LogP contribution in [0, 0.1) is 0 Å². The molecule has 0 radical (unpaired) electrons. The largest absolute Gasteiger partial charge is 0.444 e. The van der Waals surface area contributed by atoms with E-state index in [9.17, 15) is 23.1 Å². The number of hydrogen-bond acceptors (Lipinski definition) is 4. The molecule has 0 saturated carbocycles. The minimum Gasteiger partial charge on any atom is -0.444 e. The van der Waals surface area contributed by atoms with E-state index in [1.54, 1.807) is 27.7 Å². The summed E-state index contributed by atoms with van der Waals surface area (Å²) < 4.78 is 49.3. The van der Waals surface area contributed by atoms with Crippen molar-refractivity contribution in [2.24, 2.45) is 0 Å². The van der Waals surface area contributed by atoms with Crippen molar-refractivity contribution < 1.29 is 27.8 Å². The zero-order valence-electron chi connectivity index (χ0n) is 16.1. The Labute approximate surface area is 156 Å². The van der Waals surface area contributed by atoms with Crippen LogP contribution in [0.5, 0.6) is 0 Å². The van der Waals surface area contributed by atoms with Gasteiger partial charge in [-0.3, -0.25) is 4.68 Å². The van der Waals surface area contributed by atoms with Gasteiger partial charge in [0.05, 0.1) is 18.8 Å². The van der Waals surface area contributed by atoms with E-state index in [2.05, 4.69) is 5.10 Å². The lowest BCUT2D eigenvalue weighted by atomic mass is 9.94. The average molecular weight is 389 g/mol. The molecule has 152 valence electrons. The van der Waals surface area contributed by atoms with E-state index in [4.69, 9.17) is 4.74 Å². The smallest absolute Gasteiger partial charge is 0.410 e. The van der Waals surface area contributed by atoms with Gasteiger partial charge in [-0.25, -0.2) is 9.18 Å². The third-order valence-corrected chi connectivity index (χ3v) is 5.05. The Bertz CT molecular complexity index is 744. The fraction of sp³-hybridized carbons (Fsp3) is 0.778. The second-order valence-electron chi connectivity index (χ2n) is 8.66. The van der Waals surface area contributed by atoms with Crippen LogP contribution in [0.15, 0.2) is 0 Å². The van der Waals surface area contributed by atoms with Crippen LogP contribution >= 0.6 is 0 Å². The first-order valence-corrected chi connectivity index (χ1v) is 9.10. The van der Waals surface area contributed by atoms with E-state index in [1.165, 1.54) is 4.90 Å². The summed E-state index contributed by atoms with van der Waals surface area (Å²) in [6, 6.07) is -0.278. The normalized spacial score (nSPS) is 27.6. The van der Waals surface area contributed by atoms with Crippen LogP contribution in [0.1, 0.15) is 57.5 Å².